The lowest BCUT2D eigenvalue weighted by Crippen LogP contribution is -2.59. The summed E-state index contributed by atoms with van der Waals surface area (Å²) in [4.78, 5) is 30.4. The number of nitriles is 1. The number of ketones is 1. The minimum absolute atomic E-state index is 0.0359. The maximum atomic E-state index is 15.6. The number of fused-ring (bicyclic) bond motifs is 2. The predicted molar refractivity (Wildman–Crippen MR) is 203 cm³/mol. The zero-order valence-electron chi connectivity index (χ0n) is 27.2. The molecule has 0 unspecified atom stereocenters. The molecule has 6 aromatic rings. The monoisotopic (exact) mass is 785 g/mol. The van der Waals surface area contributed by atoms with E-state index in [2.05, 4.69) is 37.9 Å². The Morgan fingerprint density at radius 2 is 1.34 bits per heavy atom. The molecule has 0 bridgehead atoms. The third-order valence-electron chi connectivity index (χ3n) is 10.3. The van der Waals surface area contributed by atoms with Crippen molar-refractivity contribution in [1.29, 1.82) is 5.26 Å². The van der Waals surface area contributed by atoms with Crippen molar-refractivity contribution >= 4 is 65.2 Å². The number of carbonyl (C=O) groups is 2. The summed E-state index contributed by atoms with van der Waals surface area (Å²) < 4.78 is 7.28. The number of aliphatic hydroxyl groups is 1. The van der Waals surface area contributed by atoms with E-state index in [4.69, 9.17) is 4.74 Å². The summed E-state index contributed by atoms with van der Waals surface area (Å²) in [6, 6.07) is 44.0. The Balaban J connectivity index is 1.63. The minimum Gasteiger partial charge on any atom is -0.465 e. The lowest BCUT2D eigenvalue weighted by Gasteiger charge is -2.54. The molecule has 248 valence electrons. The Bertz CT molecular complexity index is 2300. The second-order valence-electron chi connectivity index (χ2n) is 12.9. The third-order valence-corrected chi connectivity index (χ3v) is 11.2. The molecule has 6 aromatic carbocycles. The van der Waals surface area contributed by atoms with Gasteiger partial charge in [0.05, 0.1) is 18.6 Å². The molecule has 1 saturated carbocycles. The highest BCUT2D eigenvalue weighted by Gasteiger charge is 2.68. The fraction of sp³-hybridized carbons (Fsp3) is 0.186. The molecular weight excluding hydrogens is 754 g/mol. The number of rotatable bonds is 7. The van der Waals surface area contributed by atoms with Crippen molar-refractivity contribution in [2.75, 3.05) is 6.61 Å². The number of ether oxygens (including phenoxy) is 1. The number of benzene rings is 6. The van der Waals surface area contributed by atoms with E-state index in [0.29, 0.717) is 26.7 Å². The van der Waals surface area contributed by atoms with E-state index in [1.807, 2.05) is 127 Å². The largest absolute Gasteiger partial charge is 0.465 e. The van der Waals surface area contributed by atoms with Gasteiger partial charge in [0.2, 0.25) is 0 Å². The smallest absolute Gasteiger partial charge is 0.327 e. The first-order valence-corrected chi connectivity index (χ1v) is 18.1. The number of Topliss-reactive ketones (excluding diaryl/α,β-unsaturated/α-hetero) is 1. The van der Waals surface area contributed by atoms with Crippen LogP contribution in [0, 0.1) is 22.7 Å². The molecular formula is C43H33Br2NO4. The Morgan fingerprint density at radius 3 is 2.00 bits per heavy atom. The molecule has 0 aliphatic heterocycles. The molecule has 5 atom stereocenters. The molecule has 1 aliphatic rings. The van der Waals surface area contributed by atoms with Gasteiger partial charge in [0.1, 0.15) is 5.60 Å². The van der Waals surface area contributed by atoms with E-state index >= 15 is 4.79 Å². The average molecular weight is 788 g/mol. The molecule has 0 saturated heterocycles. The molecule has 0 amide bonds. The Kier molecular flexibility index (Phi) is 9.21. The van der Waals surface area contributed by atoms with Crippen LogP contribution in [0.3, 0.4) is 0 Å². The van der Waals surface area contributed by atoms with Crippen molar-refractivity contribution in [3.63, 3.8) is 0 Å². The number of carbonyl (C=O) groups excluding carboxylic acids is 2. The van der Waals surface area contributed by atoms with Gasteiger partial charge < -0.3 is 9.84 Å². The van der Waals surface area contributed by atoms with Gasteiger partial charge in [0.25, 0.3) is 0 Å². The van der Waals surface area contributed by atoms with Gasteiger partial charge >= 0.3 is 5.97 Å². The fourth-order valence-corrected chi connectivity index (χ4v) is 9.02. The molecule has 50 heavy (non-hydrogen) atoms. The van der Waals surface area contributed by atoms with Crippen LogP contribution in [0.4, 0.5) is 0 Å². The van der Waals surface area contributed by atoms with Gasteiger partial charge in [-0.05, 0) is 75.8 Å². The van der Waals surface area contributed by atoms with Gasteiger partial charge in [-0.1, -0.05) is 141 Å². The normalized spacial score (nSPS) is 23.3. The number of hydrogen-bond donors (Lipinski definition) is 1. The van der Waals surface area contributed by atoms with Crippen LogP contribution in [0.5, 0.6) is 0 Å². The maximum absolute atomic E-state index is 15.6. The first-order chi connectivity index (χ1) is 24.2. The van der Waals surface area contributed by atoms with Gasteiger partial charge in [-0.2, -0.15) is 5.26 Å². The van der Waals surface area contributed by atoms with Crippen LogP contribution in [0.2, 0.25) is 0 Å². The number of nitrogens with zero attached hydrogens (tertiary/aromatic N) is 1. The Morgan fingerprint density at radius 1 is 0.780 bits per heavy atom. The first kappa shape index (κ1) is 33.9. The average Bonchev–Trinajstić information content (AvgIpc) is 3.13. The van der Waals surface area contributed by atoms with Crippen LogP contribution >= 0.6 is 31.9 Å². The van der Waals surface area contributed by atoms with Gasteiger partial charge in [-0.15, -0.1) is 0 Å². The lowest BCUT2D eigenvalue weighted by molar-refractivity contribution is -0.164. The summed E-state index contributed by atoms with van der Waals surface area (Å²) in [6.45, 7) is 1.74. The second kappa shape index (κ2) is 13.6. The summed E-state index contributed by atoms with van der Waals surface area (Å²) in [5, 5.41) is 28.5. The van der Waals surface area contributed by atoms with Gasteiger partial charge in [0, 0.05) is 26.3 Å². The molecule has 0 heterocycles. The van der Waals surface area contributed by atoms with Crippen LogP contribution in [-0.2, 0) is 15.1 Å². The summed E-state index contributed by atoms with van der Waals surface area (Å²) in [6.07, 6.45) is -0.102. The second-order valence-corrected chi connectivity index (χ2v) is 14.7. The zero-order valence-corrected chi connectivity index (χ0v) is 30.4. The molecule has 5 nitrogen and oxygen atoms in total. The van der Waals surface area contributed by atoms with Gasteiger partial charge in [-0.3, -0.25) is 9.59 Å². The molecule has 0 spiro atoms. The summed E-state index contributed by atoms with van der Waals surface area (Å²) in [7, 11) is 0. The van der Waals surface area contributed by atoms with Crippen molar-refractivity contribution in [3.8, 4) is 6.07 Å². The highest BCUT2D eigenvalue weighted by Crippen LogP contribution is 2.64. The van der Waals surface area contributed by atoms with E-state index in [0.717, 1.165) is 26.0 Å². The summed E-state index contributed by atoms with van der Waals surface area (Å²) in [5.41, 5.74) is -1.58. The third kappa shape index (κ3) is 5.56. The SMILES string of the molecule is CCOC(=O)[C@@]1(C#N)[C@H](c2cccc(Br)c2)[C@H](C(=O)c2cccc3ccccc23)[C@@](O)(c2cccc3ccccc23)C[C@H]1c1cccc(Br)c1. The summed E-state index contributed by atoms with van der Waals surface area (Å²) in [5.74, 6) is -4.40. The van der Waals surface area contributed by atoms with Crippen LogP contribution < -0.4 is 0 Å². The maximum Gasteiger partial charge on any atom is 0.327 e. The van der Waals surface area contributed by atoms with Crippen molar-refractivity contribution in [2.24, 2.45) is 11.3 Å². The highest BCUT2D eigenvalue weighted by atomic mass is 79.9. The molecule has 1 fully saturated rings. The Labute approximate surface area is 307 Å². The lowest BCUT2D eigenvalue weighted by atomic mass is 9.47. The molecule has 0 radical (unpaired) electrons. The van der Waals surface area contributed by atoms with Crippen molar-refractivity contribution < 1.29 is 19.4 Å². The van der Waals surface area contributed by atoms with E-state index in [1.165, 1.54) is 0 Å². The van der Waals surface area contributed by atoms with Gasteiger partial charge in [-0.25, -0.2) is 0 Å². The van der Waals surface area contributed by atoms with Crippen molar-refractivity contribution in [1.82, 2.24) is 0 Å². The number of hydrogen-bond acceptors (Lipinski definition) is 5. The number of halogens is 2. The molecule has 7 heteroatoms. The predicted octanol–water partition coefficient (Wildman–Crippen LogP) is 10.2. The van der Waals surface area contributed by atoms with E-state index < -0.39 is 34.7 Å². The van der Waals surface area contributed by atoms with Crippen LogP contribution in [-0.4, -0.2) is 23.5 Å². The fourth-order valence-electron chi connectivity index (χ4n) is 8.18. The van der Waals surface area contributed by atoms with E-state index in [1.54, 1.807) is 13.0 Å². The van der Waals surface area contributed by atoms with Crippen LogP contribution in [0.1, 0.15) is 52.2 Å². The zero-order chi connectivity index (χ0) is 35.0. The van der Waals surface area contributed by atoms with Crippen LogP contribution in [0.15, 0.2) is 142 Å². The van der Waals surface area contributed by atoms with Gasteiger partial charge in [0.15, 0.2) is 11.2 Å². The van der Waals surface area contributed by atoms with E-state index in [9.17, 15) is 15.2 Å². The topological polar surface area (TPSA) is 87.4 Å². The van der Waals surface area contributed by atoms with Crippen molar-refractivity contribution in [3.05, 3.63) is 165 Å². The number of esters is 1. The molecule has 1 N–H and O–H groups in total. The Hall–Kier alpha value is -4.61. The first-order valence-electron chi connectivity index (χ1n) is 16.5. The van der Waals surface area contributed by atoms with Crippen LogP contribution in [0.25, 0.3) is 21.5 Å². The molecule has 7 rings (SSSR count). The molecule has 1 aliphatic carbocycles. The summed E-state index contributed by atoms with van der Waals surface area (Å²) >= 11 is 7.21. The quantitative estimate of drug-likeness (QED) is 0.129. The highest BCUT2D eigenvalue weighted by molar-refractivity contribution is 9.10. The standard InChI is InChI=1S/C43H33Br2NO4/c1-2-50-41(48)42(26-46)37(29-15-7-17-31(44)23-29)25-43(49,36-22-10-14-28-12-4-6-20-34(28)36)39(38(42)30-16-8-18-32(45)24-30)40(47)35-21-9-13-27-11-3-5-19-33(27)35/h3-24,37-39,49H,2,25H2,1H3/t37-,38+,39+,42+,43-/m0/s1. The molecule has 0 aromatic heterocycles. The van der Waals surface area contributed by atoms with Crippen molar-refractivity contribution in [2.45, 2.75) is 30.8 Å². The van der Waals surface area contributed by atoms with E-state index in [-0.39, 0.29) is 18.8 Å². The minimum atomic E-state index is -1.92.